The van der Waals surface area contributed by atoms with Crippen molar-refractivity contribution >= 4 is 5.91 Å². The van der Waals surface area contributed by atoms with E-state index in [0.717, 1.165) is 23.4 Å². The molecule has 3 nitrogen and oxygen atoms in total. The van der Waals surface area contributed by atoms with Gasteiger partial charge in [-0.3, -0.25) is 9.78 Å². The second-order valence-electron chi connectivity index (χ2n) is 3.06. The number of nitrogens with zero attached hydrogens (tertiary/aromatic N) is 1. The van der Waals surface area contributed by atoms with E-state index in [1.807, 2.05) is 26.0 Å². The van der Waals surface area contributed by atoms with Crippen molar-refractivity contribution in [3.8, 4) is 0 Å². The summed E-state index contributed by atoms with van der Waals surface area (Å²) in [6, 6.07) is 3.82. The summed E-state index contributed by atoms with van der Waals surface area (Å²) in [4.78, 5) is 15.1. The third kappa shape index (κ3) is 2.54. The van der Waals surface area contributed by atoms with Gasteiger partial charge in [0.1, 0.15) is 0 Å². The Morgan fingerprint density at radius 2 is 2.23 bits per heavy atom. The highest BCUT2D eigenvalue weighted by molar-refractivity contribution is 5.76. The molecular formula is C10H14N2O. The Morgan fingerprint density at radius 3 is 2.77 bits per heavy atom. The SMILES string of the molecule is CCc1nc(C)ccc1CC(N)=O. The van der Waals surface area contributed by atoms with Gasteiger partial charge in [-0.15, -0.1) is 0 Å². The standard InChI is InChI=1S/C10H14N2O/c1-3-9-8(6-10(11)13)5-4-7(2)12-9/h4-5H,3,6H2,1-2H3,(H2,11,13). The van der Waals surface area contributed by atoms with E-state index in [1.165, 1.54) is 0 Å². The van der Waals surface area contributed by atoms with Crippen LogP contribution in [0.3, 0.4) is 0 Å². The van der Waals surface area contributed by atoms with Crippen LogP contribution < -0.4 is 5.73 Å². The second-order valence-corrected chi connectivity index (χ2v) is 3.06. The first-order valence-electron chi connectivity index (χ1n) is 4.37. The number of hydrogen-bond acceptors (Lipinski definition) is 2. The van der Waals surface area contributed by atoms with Gasteiger partial charge in [-0.1, -0.05) is 13.0 Å². The van der Waals surface area contributed by atoms with Crippen molar-refractivity contribution in [2.75, 3.05) is 0 Å². The highest BCUT2D eigenvalue weighted by Crippen LogP contribution is 2.08. The predicted molar refractivity (Wildman–Crippen MR) is 51.3 cm³/mol. The minimum absolute atomic E-state index is 0.288. The quantitative estimate of drug-likeness (QED) is 0.750. The smallest absolute Gasteiger partial charge is 0.221 e. The number of aromatic nitrogens is 1. The molecule has 1 aromatic heterocycles. The van der Waals surface area contributed by atoms with E-state index in [9.17, 15) is 4.79 Å². The summed E-state index contributed by atoms with van der Waals surface area (Å²) in [5.41, 5.74) is 8.01. The van der Waals surface area contributed by atoms with Crippen molar-refractivity contribution in [1.82, 2.24) is 4.98 Å². The van der Waals surface area contributed by atoms with E-state index in [-0.39, 0.29) is 12.3 Å². The Kier molecular flexibility index (Phi) is 3.01. The van der Waals surface area contributed by atoms with Crippen LogP contribution in [0.2, 0.25) is 0 Å². The zero-order valence-corrected chi connectivity index (χ0v) is 8.00. The van der Waals surface area contributed by atoms with Gasteiger partial charge in [-0.25, -0.2) is 0 Å². The lowest BCUT2D eigenvalue weighted by atomic mass is 10.1. The Balaban J connectivity index is 2.99. The van der Waals surface area contributed by atoms with Crippen LogP contribution in [-0.4, -0.2) is 10.9 Å². The van der Waals surface area contributed by atoms with Gasteiger partial charge in [-0.05, 0) is 25.0 Å². The maximum atomic E-state index is 10.7. The third-order valence-corrected chi connectivity index (χ3v) is 1.91. The highest BCUT2D eigenvalue weighted by Gasteiger charge is 2.05. The van der Waals surface area contributed by atoms with Crippen LogP contribution in [0.15, 0.2) is 12.1 Å². The summed E-state index contributed by atoms with van der Waals surface area (Å²) in [6.07, 6.45) is 1.13. The molecule has 1 heterocycles. The van der Waals surface area contributed by atoms with Crippen LogP contribution in [0.5, 0.6) is 0 Å². The molecule has 1 amide bonds. The van der Waals surface area contributed by atoms with Crippen molar-refractivity contribution in [3.63, 3.8) is 0 Å². The van der Waals surface area contributed by atoms with Crippen molar-refractivity contribution in [1.29, 1.82) is 0 Å². The van der Waals surface area contributed by atoms with Crippen molar-refractivity contribution in [3.05, 3.63) is 29.1 Å². The van der Waals surface area contributed by atoms with Gasteiger partial charge in [0.15, 0.2) is 0 Å². The lowest BCUT2D eigenvalue weighted by Crippen LogP contribution is -2.15. The van der Waals surface area contributed by atoms with Gasteiger partial charge in [-0.2, -0.15) is 0 Å². The normalized spacial score (nSPS) is 10.0. The molecule has 0 saturated carbocycles. The van der Waals surface area contributed by atoms with Crippen LogP contribution in [0, 0.1) is 6.92 Å². The summed E-state index contributed by atoms with van der Waals surface area (Å²) < 4.78 is 0. The van der Waals surface area contributed by atoms with Gasteiger partial charge in [0.25, 0.3) is 0 Å². The lowest BCUT2D eigenvalue weighted by Gasteiger charge is -2.05. The van der Waals surface area contributed by atoms with Crippen LogP contribution in [-0.2, 0) is 17.6 Å². The molecule has 70 valence electrons. The van der Waals surface area contributed by atoms with E-state index in [2.05, 4.69) is 4.98 Å². The van der Waals surface area contributed by atoms with Crippen LogP contribution in [0.1, 0.15) is 23.9 Å². The molecule has 0 bridgehead atoms. The molecule has 0 aliphatic rings. The fourth-order valence-corrected chi connectivity index (χ4v) is 1.29. The van der Waals surface area contributed by atoms with Gasteiger partial charge >= 0.3 is 0 Å². The second kappa shape index (κ2) is 4.03. The zero-order valence-electron chi connectivity index (χ0n) is 8.00. The number of carbonyl (C=O) groups excluding carboxylic acids is 1. The molecule has 13 heavy (non-hydrogen) atoms. The zero-order chi connectivity index (χ0) is 9.84. The molecule has 0 saturated heterocycles. The molecule has 0 aliphatic heterocycles. The van der Waals surface area contributed by atoms with Crippen LogP contribution >= 0.6 is 0 Å². The van der Waals surface area contributed by atoms with Crippen molar-refractivity contribution in [2.24, 2.45) is 5.73 Å². The molecule has 0 radical (unpaired) electrons. The number of pyridine rings is 1. The summed E-state index contributed by atoms with van der Waals surface area (Å²) in [7, 11) is 0. The first kappa shape index (κ1) is 9.71. The number of hydrogen-bond donors (Lipinski definition) is 1. The third-order valence-electron chi connectivity index (χ3n) is 1.91. The first-order chi connectivity index (χ1) is 6.13. The largest absolute Gasteiger partial charge is 0.369 e. The summed E-state index contributed by atoms with van der Waals surface area (Å²) >= 11 is 0. The molecule has 0 atom stereocenters. The minimum Gasteiger partial charge on any atom is -0.369 e. The first-order valence-corrected chi connectivity index (χ1v) is 4.37. The van der Waals surface area contributed by atoms with Crippen molar-refractivity contribution < 1.29 is 4.79 Å². The van der Waals surface area contributed by atoms with Gasteiger partial charge in [0.05, 0.1) is 6.42 Å². The molecule has 0 unspecified atom stereocenters. The maximum absolute atomic E-state index is 10.7. The number of aryl methyl sites for hydroxylation is 2. The molecule has 2 N–H and O–H groups in total. The fraction of sp³-hybridized carbons (Fsp3) is 0.400. The van der Waals surface area contributed by atoms with E-state index < -0.39 is 0 Å². The van der Waals surface area contributed by atoms with Gasteiger partial charge in [0.2, 0.25) is 5.91 Å². The highest BCUT2D eigenvalue weighted by atomic mass is 16.1. The number of rotatable bonds is 3. The topological polar surface area (TPSA) is 56.0 Å². The van der Waals surface area contributed by atoms with Gasteiger partial charge < -0.3 is 5.73 Å². The molecule has 0 fully saturated rings. The number of carbonyl (C=O) groups is 1. The summed E-state index contributed by atoms with van der Waals surface area (Å²) in [6.45, 7) is 3.96. The van der Waals surface area contributed by atoms with E-state index >= 15 is 0 Å². The molecule has 1 aromatic rings. The number of primary amides is 1. The fourth-order valence-electron chi connectivity index (χ4n) is 1.29. The van der Waals surface area contributed by atoms with Crippen LogP contribution in [0.4, 0.5) is 0 Å². The Labute approximate surface area is 78.0 Å². The summed E-state index contributed by atoms with van der Waals surface area (Å²) in [5, 5.41) is 0. The number of nitrogens with two attached hydrogens (primary N) is 1. The lowest BCUT2D eigenvalue weighted by molar-refractivity contribution is -0.117. The van der Waals surface area contributed by atoms with Crippen molar-refractivity contribution in [2.45, 2.75) is 26.7 Å². The molecule has 3 heteroatoms. The molecule has 0 aliphatic carbocycles. The van der Waals surface area contributed by atoms with E-state index in [4.69, 9.17) is 5.73 Å². The minimum atomic E-state index is -0.305. The molecule has 0 spiro atoms. The maximum Gasteiger partial charge on any atom is 0.221 e. The monoisotopic (exact) mass is 178 g/mol. The average Bonchev–Trinajstić information content (AvgIpc) is 2.07. The number of amides is 1. The Bertz CT molecular complexity index is 321. The van der Waals surface area contributed by atoms with Gasteiger partial charge in [0, 0.05) is 11.4 Å². The molecule has 1 rings (SSSR count). The van der Waals surface area contributed by atoms with E-state index in [1.54, 1.807) is 0 Å². The molecular weight excluding hydrogens is 164 g/mol. The molecule has 0 aromatic carbocycles. The Hall–Kier alpha value is -1.38. The average molecular weight is 178 g/mol. The Morgan fingerprint density at radius 1 is 1.54 bits per heavy atom. The predicted octanol–water partition coefficient (Wildman–Crippen LogP) is 0.980. The van der Waals surface area contributed by atoms with E-state index in [0.29, 0.717) is 0 Å². The summed E-state index contributed by atoms with van der Waals surface area (Å²) in [5.74, 6) is -0.305. The van der Waals surface area contributed by atoms with Crippen LogP contribution in [0.25, 0.3) is 0 Å².